The van der Waals surface area contributed by atoms with E-state index in [1.54, 1.807) is 6.92 Å². The molecule has 22 heavy (non-hydrogen) atoms. The van der Waals surface area contributed by atoms with Crippen molar-refractivity contribution in [3.63, 3.8) is 0 Å². The number of hydrogen-bond acceptors (Lipinski definition) is 2. The predicted octanol–water partition coefficient (Wildman–Crippen LogP) is 4.88. The molecule has 2 nitrogen and oxygen atoms in total. The molecule has 0 N–H and O–H groups in total. The minimum absolute atomic E-state index is 0.129. The van der Waals surface area contributed by atoms with Gasteiger partial charge in [0.15, 0.2) is 0 Å². The summed E-state index contributed by atoms with van der Waals surface area (Å²) in [5.41, 5.74) is 0.428. The molecule has 6 unspecified atom stereocenters. The summed E-state index contributed by atoms with van der Waals surface area (Å²) in [5, 5.41) is 0. The van der Waals surface area contributed by atoms with Gasteiger partial charge in [-0.1, -0.05) is 25.8 Å². The summed E-state index contributed by atoms with van der Waals surface area (Å²) in [7, 11) is 0. The number of ether oxygens (including phenoxy) is 1. The molecule has 4 fully saturated rings. The largest absolute Gasteiger partial charge is 0.455 e. The van der Waals surface area contributed by atoms with Crippen LogP contribution in [0.25, 0.3) is 0 Å². The Labute approximate surface area is 134 Å². The minimum Gasteiger partial charge on any atom is -0.455 e. The molecule has 0 heterocycles. The summed E-state index contributed by atoms with van der Waals surface area (Å²) in [4.78, 5) is 12.4. The number of rotatable bonds is 3. The van der Waals surface area contributed by atoms with Crippen LogP contribution in [0.3, 0.4) is 0 Å². The number of esters is 1. The van der Waals surface area contributed by atoms with Crippen LogP contribution >= 0.6 is 0 Å². The Morgan fingerprint density at radius 3 is 2.50 bits per heavy atom. The molecular formula is C20H30O2. The first kappa shape index (κ1) is 14.8. The summed E-state index contributed by atoms with van der Waals surface area (Å²) >= 11 is 0. The van der Waals surface area contributed by atoms with E-state index in [2.05, 4.69) is 6.58 Å². The third kappa shape index (κ3) is 2.17. The maximum atomic E-state index is 12.4. The lowest BCUT2D eigenvalue weighted by Gasteiger charge is -2.51. The fraction of sp³-hybridized carbons (Fsp3) is 0.850. The van der Waals surface area contributed by atoms with Crippen molar-refractivity contribution in [1.29, 1.82) is 0 Å². The third-order valence-corrected chi connectivity index (χ3v) is 7.43. The molecule has 0 saturated heterocycles. The van der Waals surface area contributed by atoms with Gasteiger partial charge < -0.3 is 4.74 Å². The van der Waals surface area contributed by atoms with Crippen molar-refractivity contribution in [3.05, 3.63) is 12.2 Å². The Morgan fingerprint density at radius 1 is 1.00 bits per heavy atom. The summed E-state index contributed by atoms with van der Waals surface area (Å²) in [6.07, 6.45) is 13.2. The van der Waals surface area contributed by atoms with Gasteiger partial charge in [-0.15, -0.1) is 0 Å². The van der Waals surface area contributed by atoms with Crippen molar-refractivity contribution in [2.24, 2.45) is 29.6 Å². The second-order valence-corrected chi connectivity index (χ2v) is 8.60. The maximum absolute atomic E-state index is 12.4. The van der Waals surface area contributed by atoms with Gasteiger partial charge in [0.05, 0.1) is 0 Å². The fourth-order valence-electron chi connectivity index (χ4n) is 6.62. The highest BCUT2D eigenvalue weighted by atomic mass is 16.6. The third-order valence-electron chi connectivity index (χ3n) is 7.43. The fourth-order valence-corrected chi connectivity index (χ4v) is 6.62. The average molecular weight is 302 g/mol. The van der Waals surface area contributed by atoms with E-state index in [0.717, 1.165) is 24.2 Å². The van der Waals surface area contributed by atoms with Crippen LogP contribution in [0.15, 0.2) is 12.2 Å². The molecule has 0 amide bonds. The number of fused-ring (bicyclic) bond motifs is 3. The Morgan fingerprint density at radius 2 is 1.82 bits per heavy atom. The molecule has 4 aliphatic carbocycles. The van der Waals surface area contributed by atoms with Gasteiger partial charge in [-0.2, -0.15) is 0 Å². The van der Waals surface area contributed by atoms with Crippen molar-refractivity contribution in [2.75, 3.05) is 0 Å². The number of carbonyl (C=O) groups excluding carboxylic acids is 1. The molecule has 0 aromatic rings. The predicted molar refractivity (Wildman–Crippen MR) is 87.3 cm³/mol. The first-order valence-corrected chi connectivity index (χ1v) is 9.49. The zero-order chi connectivity index (χ0) is 15.3. The van der Waals surface area contributed by atoms with Crippen LogP contribution in [-0.4, -0.2) is 11.6 Å². The summed E-state index contributed by atoms with van der Waals surface area (Å²) in [6.45, 7) is 5.63. The van der Waals surface area contributed by atoms with Crippen molar-refractivity contribution in [1.82, 2.24) is 0 Å². The van der Waals surface area contributed by atoms with Gasteiger partial charge in [-0.3, -0.25) is 0 Å². The quantitative estimate of drug-likeness (QED) is 0.548. The molecular weight excluding hydrogens is 272 g/mol. The topological polar surface area (TPSA) is 26.3 Å². The second-order valence-electron chi connectivity index (χ2n) is 8.60. The van der Waals surface area contributed by atoms with Crippen molar-refractivity contribution in [2.45, 2.75) is 76.7 Å². The minimum atomic E-state index is -0.144. The van der Waals surface area contributed by atoms with Crippen LogP contribution < -0.4 is 0 Å². The lowest BCUT2D eigenvalue weighted by atomic mass is 9.61. The van der Waals surface area contributed by atoms with Crippen LogP contribution in [0.2, 0.25) is 0 Å². The molecule has 0 aromatic carbocycles. The molecule has 6 atom stereocenters. The van der Waals surface area contributed by atoms with Crippen LogP contribution in [-0.2, 0) is 9.53 Å². The van der Waals surface area contributed by atoms with Gasteiger partial charge in [0, 0.05) is 17.4 Å². The van der Waals surface area contributed by atoms with E-state index in [4.69, 9.17) is 4.74 Å². The van der Waals surface area contributed by atoms with Crippen molar-refractivity contribution < 1.29 is 9.53 Å². The molecule has 4 aliphatic rings. The summed E-state index contributed by atoms with van der Waals surface area (Å²) in [6, 6.07) is 0. The van der Waals surface area contributed by atoms with E-state index in [0.29, 0.717) is 17.4 Å². The van der Waals surface area contributed by atoms with Gasteiger partial charge >= 0.3 is 5.97 Å². The van der Waals surface area contributed by atoms with Crippen LogP contribution in [0.1, 0.15) is 71.1 Å². The summed E-state index contributed by atoms with van der Waals surface area (Å²) < 4.78 is 6.35. The zero-order valence-electron chi connectivity index (χ0n) is 14.0. The lowest BCUT2D eigenvalue weighted by Crippen LogP contribution is -2.54. The Balaban J connectivity index is 1.67. The Hall–Kier alpha value is -0.790. The highest BCUT2D eigenvalue weighted by Crippen LogP contribution is 2.61. The van der Waals surface area contributed by atoms with Crippen LogP contribution in [0, 0.1) is 29.6 Å². The van der Waals surface area contributed by atoms with Crippen LogP contribution in [0.5, 0.6) is 0 Å². The first-order valence-electron chi connectivity index (χ1n) is 9.49. The number of carbonyl (C=O) groups is 1. The molecule has 0 radical (unpaired) electrons. The van der Waals surface area contributed by atoms with E-state index in [1.807, 2.05) is 0 Å². The van der Waals surface area contributed by atoms with Crippen molar-refractivity contribution >= 4 is 5.97 Å². The molecule has 0 spiro atoms. The normalized spacial score (nSPS) is 46.5. The standard InChI is InChI=1S/C20H30O2/c1-13(2)19(21)22-20(18-12-14-8-9-16(18)11-14)10-4-6-15-5-3-7-17(15)20/h14-18H,1,3-12H2,2H3. The average Bonchev–Trinajstić information content (AvgIpc) is 3.23. The second kappa shape index (κ2) is 5.39. The van der Waals surface area contributed by atoms with Gasteiger partial charge in [-0.05, 0) is 69.6 Å². The highest BCUT2D eigenvalue weighted by molar-refractivity contribution is 5.87. The maximum Gasteiger partial charge on any atom is 0.333 e. The Kier molecular flexibility index (Phi) is 3.62. The molecule has 2 bridgehead atoms. The van der Waals surface area contributed by atoms with E-state index < -0.39 is 0 Å². The first-order chi connectivity index (χ1) is 10.6. The molecule has 4 rings (SSSR count). The van der Waals surface area contributed by atoms with E-state index in [1.165, 1.54) is 57.8 Å². The van der Waals surface area contributed by atoms with Gasteiger partial charge in [-0.25, -0.2) is 4.79 Å². The van der Waals surface area contributed by atoms with E-state index in [9.17, 15) is 4.79 Å². The van der Waals surface area contributed by atoms with Gasteiger partial charge in [0.1, 0.15) is 5.60 Å². The van der Waals surface area contributed by atoms with Crippen molar-refractivity contribution in [3.8, 4) is 0 Å². The molecule has 2 heteroatoms. The SMILES string of the molecule is C=C(C)C(=O)OC1(C2CC3CCC2C3)CCCC2CCCC21. The molecule has 0 aliphatic heterocycles. The molecule has 4 saturated carbocycles. The highest BCUT2D eigenvalue weighted by Gasteiger charge is 2.59. The monoisotopic (exact) mass is 302 g/mol. The van der Waals surface area contributed by atoms with E-state index in [-0.39, 0.29) is 11.6 Å². The summed E-state index contributed by atoms with van der Waals surface area (Å²) in [5.74, 6) is 3.69. The Bertz CT molecular complexity index is 482. The van der Waals surface area contributed by atoms with E-state index >= 15 is 0 Å². The van der Waals surface area contributed by atoms with Gasteiger partial charge in [0.25, 0.3) is 0 Å². The zero-order valence-corrected chi connectivity index (χ0v) is 14.0. The lowest BCUT2D eigenvalue weighted by molar-refractivity contribution is -0.185. The van der Waals surface area contributed by atoms with Gasteiger partial charge in [0.2, 0.25) is 0 Å². The molecule has 122 valence electrons. The van der Waals surface area contributed by atoms with Crippen LogP contribution in [0.4, 0.5) is 0 Å². The number of hydrogen-bond donors (Lipinski definition) is 0. The smallest absolute Gasteiger partial charge is 0.333 e. The molecule has 0 aromatic heterocycles.